The summed E-state index contributed by atoms with van der Waals surface area (Å²) < 4.78 is 7.71. The maximum Gasteiger partial charge on any atom is 0.252 e. The number of benzene rings is 3. The number of fused-ring (bicyclic) bond motifs is 2. The van der Waals surface area contributed by atoms with E-state index in [4.69, 9.17) is 27.2 Å². The second-order valence-corrected chi connectivity index (χ2v) is 10.5. The number of hydrogen-bond acceptors (Lipinski definition) is 6. The third kappa shape index (κ3) is 5.96. The van der Waals surface area contributed by atoms with Crippen LogP contribution in [0.4, 0.5) is 0 Å². The Hall–Kier alpha value is -3.92. The first-order valence-electron chi connectivity index (χ1n) is 13.1. The summed E-state index contributed by atoms with van der Waals surface area (Å²) in [6.45, 7) is -0.179. The van der Waals surface area contributed by atoms with E-state index in [-0.39, 0.29) is 43.3 Å². The lowest BCUT2D eigenvalue weighted by molar-refractivity contribution is -0.129. The standard InChI is InChI=1S/C30H30ClN3O6/c31-21-5-3-19-14-28(23(29(32)38)12-20(19)11-21)40-16-27(37)24-15-34(9-7-26(36)30(39)33-8-10-35)25-13-18(17-1-2-17)4-6-22(24)25/h3-6,11-15,17,26,35-36H,1-2,7-10,16H2,(H2,32,38)(H,33,39). The van der Waals surface area contributed by atoms with Gasteiger partial charge in [0.2, 0.25) is 11.7 Å². The average Bonchev–Trinajstić information content (AvgIpc) is 3.74. The fourth-order valence-electron chi connectivity index (χ4n) is 4.86. The summed E-state index contributed by atoms with van der Waals surface area (Å²) in [5.41, 5.74) is 8.18. The van der Waals surface area contributed by atoms with Crippen LogP contribution in [0.1, 0.15) is 51.5 Å². The molecule has 10 heteroatoms. The van der Waals surface area contributed by atoms with Crippen LogP contribution in [-0.4, -0.2) is 58.2 Å². The Morgan fingerprint density at radius 2 is 1.88 bits per heavy atom. The van der Waals surface area contributed by atoms with E-state index in [1.807, 2.05) is 16.7 Å². The number of carbonyl (C=O) groups excluding carboxylic acids is 3. The van der Waals surface area contributed by atoms with Gasteiger partial charge < -0.3 is 30.6 Å². The minimum atomic E-state index is -1.26. The number of ether oxygens (including phenoxy) is 1. The van der Waals surface area contributed by atoms with Gasteiger partial charge in [0, 0.05) is 47.2 Å². The summed E-state index contributed by atoms with van der Waals surface area (Å²) >= 11 is 6.08. The number of primary amides is 1. The molecule has 4 aromatic rings. The molecule has 2 amide bonds. The molecule has 0 aliphatic heterocycles. The van der Waals surface area contributed by atoms with Crippen molar-refractivity contribution in [1.29, 1.82) is 0 Å². The van der Waals surface area contributed by atoms with Crippen molar-refractivity contribution in [3.05, 3.63) is 76.4 Å². The molecular formula is C30H30ClN3O6. The summed E-state index contributed by atoms with van der Waals surface area (Å²) in [5.74, 6) is -0.838. The number of nitrogens with two attached hydrogens (primary N) is 1. The molecule has 1 fully saturated rings. The zero-order chi connectivity index (χ0) is 28.4. The monoisotopic (exact) mass is 563 g/mol. The first kappa shape index (κ1) is 27.6. The van der Waals surface area contributed by atoms with Gasteiger partial charge in [-0.3, -0.25) is 14.4 Å². The zero-order valence-electron chi connectivity index (χ0n) is 21.7. The van der Waals surface area contributed by atoms with Crippen LogP contribution in [0, 0.1) is 0 Å². The van der Waals surface area contributed by atoms with Crippen LogP contribution >= 0.6 is 11.6 Å². The molecule has 9 nitrogen and oxygen atoms in total. The van der Waals surface area contributed by atoms with Gasteiger partial charge in [0.25, 0.3) is 5.91 Å². The summed E-state index contributed by atoms with van der Waals surface area (Å²) in [5, 5.41) is 24.4. The molecule has 208 valence electrons. The van der Waals surface area contributed by atoms with Gasteiger partial charge >= 0.3 is 0 Å². The first-order chi connectivity index (χ1) is 19.2. The van der Waals surface area contributed by atoms with Crippen LogP contribution in [0.3, 0.4) is 0 Å². The Bertz CT molecular complexity index is 1610. The zero-order valence-corrected chi connectivity index (χ0v) is 22.5. The lowest BCUT2D eigenvalue weighted by Gasteiger charge is -2.12. The second-order valence-electron chi connectivity index (χ2n) is 10.0. The van der Waals surface area contributed by atoms with Crippen LogP contribution in [0.5, 0.6) is 5.75 Å². The van der Waals surface area contributed by atoms with Gasteiger partial charge in [-0.1, -0.05) is 29.8 Å². The molecule has 0 saturated heterocycles. The third-order valence-corrected chi connectivity index (χ3v) is 7.37. The predicted molar refractivity (Wildman–Crippen MR) is 152 cm³/mol. The molecule has 0 spiro atoms. The molecule has 1 aromatic heterocycles. The molecule has 1 saturated carbocycles. The number of aliphatic hydroxyl groups excluding tert-OH is 2. The molecule has 0 bridgehead atoms. The SMILES string of the molecule is NC(=O)c1cc2cc(Cl)ccc2cc1OCC(=O)c1cn(CCC(O)C(=O)NCCO)c2cc(C3CC3)ccc12. The molecule has 5 rings (SSSR count). The molecule has 3 aromatic carbocycles. The number of rotatable bonds is 12. The fraction of sp³-hybridized carbons (Fsp3) is 0.300. The summed E-state index contributed by atoms with van der Waals surface area (Å²) in [6, 6.07) is 14.5. The Morgan fingerprint density at radius 1 is 1.07 bits per heavy atom. The number of Topliss-reactive ketones (excluding diaryl/α,β-unsaturated/α-hetero) is 1. The number of amides is 2. The molecule has 1 aliphatic carbocycles. The maximum atomic E-state index is 13.4. The number of aliphatic hydroxyl groups is 2. The van der Waals surface area contributed by atoms with E-state index in [2.05, 4.69) is 11.4 Å². The molecule has 1 heterocycles. The summed E-state index contributed by atoms with van der Waals surface area (Å²) in [6.07, 6.45) is 2.82. The van der Waals surface area contributed by atoms with E-state index in [0.717, 1.165) is 34.5 Å². The van der Waals surface area contributed by atoms with Gasteiger partial charge in [-0.25, -0.2) is 0 Å². The van der Waals surface area contributed by atoms with Crippen molar-refractivity contribution in [1.82, 2.24) is 9.88 Å². The van der Waals surface area contributed by atoms with Crippen molar-refractivity contribution in [3.63, 3.8) is 0 Å². The molecule has 1 atom stereocenters. The summed E-state index contributed by atoms with van der Waals surface area (Å²) in [7, 11) is 0. The quantitative estimate of drug-likeness (QED) is 0.194. The second kappa shape index (κ2) is 11.7. The number of halogens is 1. The van der Waals surface area contributed by atoms with Gasteiger partial charge in [0.1, 0.15) is 11.9 Å². The molecular weight excluding hydrogens is 534 g/mol. The predicted octanol–water partition coefficient (Wildman–Crippen LogP) is 3.55. The molecule has 1 aliphatic rings. The Labute approximate surface area is 235 Å². The highest BCUT2D eigenvalue weighted by atomic mass is 35.5. The van der Waals surface area contributed by atoms with Crippen LogP contribution in [0.2, 0.25) is 5.02 Å². The minimum Gasteiger partial charge on any atom is -0.485 e. The normalized spacial score (nSPS) is 13.9. The van der Waals surface area contributed by atoms with Gasteiger partial charge in [-0.05, 0) is 65.4 Å². The van der Waals surface area contributed by atoms with Crippen LogP contribution in [0.15, 0.2) is 54.7 Å². The Morgan fingerprint density at radius 3 is 2.60 bits per heavy atom. The Balaban J connectivity index is 1.39. The first-order valence-corrected chi connectivity index (χ1v) is 13.5. The smallest absolute Gasteiger partial charge is 0.252 e. The molecule has 1 unspecified atom stereocenters. The molecule has 0 radical (unpaired) electrons. The van der Waals surface area contributed by atoms with E-state index in [9.17, 15) is 19.5 Å². The largest absolute Gasteiger partial charge is 0.485 e. The average molecular weight is 564 g/mol. The van der Waals surface area contributed by atoms with Gasteiger partial charge in [-0.2, -0.15) is 0 Å². The van der Waals surface area contributed by atoms with Crippen molar-refractivity contribution < 1.29 is 29.3 Å². The summed E-state index contributed by atoms with van der Waals surface area (Å²) in [4.78, 5) is 37.6. The van der Waals surface area contributed by atoms with Gasteiger partial charge in [-0.15, -0.1) is 0 Å². The fourth-order valence-corrected chi connectivity index (χ4v) is 5.04. The van der Waals surface area contributed by atoms with Gasteiger partial charge in [0.05, 0.1) is 12.2 Å². The lowest BCUT2D eigenvalue weighted by atomic mass is 10.0. The molecule has 40 heavy (non-hydrogen) atoms. The number of ketones is 1. The Kier molecular flexibility index (Phi) is 8.07. The van der Waals surface area contributed by atoms with Crippen molar-refractivity contribution in [2.24, 2.45) is 5.73 Å². The van der Waals surface area contributed by atoms with Crippen molar-refractivity contribution in [2.45, 2.75) is 37.8 Å². The number of aryl methyl sites for hydroxylation is 1. The minimum absolute atomic E-state index is 0.0637. The lowest BCUT2D eigenvalue weighted by Crippen LogP contribution is -2.36. The van der Waals surface area contributed by atoms with E-state index in [0.29, 0.717) is 23.0 Å². The van der Waals surface area contributed by atoms with Crippen LogP contribution in [-0.2, 0) is 11.3 Å². The topological polar surface area (TPSA) is 144 Å². The number of carbonyl (C=O) groups is 3. The van der Waals surface area contributed by atoms with Crippen molar-refractivity contribution in [2.75, 3.05) is 19.8 Å². The number of aromatic nitrogens is 1. The van der Waals surface area contributed by atoms with Crippen LogP contribution in [0.25, 0.3) is 21.7 Å². The highest BCUT2D eigenvalue weighted by Crippen LogP contribution is 2.41. The maximum absolute atomic E-state index is 13.4. The molecule has 5 N–H and O–H groups in total. The van der Waals surface area contributed by atoms with Crippen molar-refractivity contribution >= 4 is 50.9 Å². The van der Waals surface area contributed by atoms with Gasteiger partial charge in [0.15, 0.2) is 6.61 Å². The van der Waals surface area contributed by atoms with Crippen LogP contribution < -0.4 is 15.8 Å². The van der Waals surface area contributed by atoms with E-state index in [1.165, 1.54) is 5.56 Å². The highest BCUT2D eigenvalue weighted by Gasteiger charge is 2.25. The highest BCUT2D eigenvalue weighted by molar-refractivity contribution is 6.31. The van der Waals surface area contributed by atoms with E-state index < -0.39 is 17.9 Å². The number of nitrogens with zero attached hydrogens (tertiary/aromatic N) is 1. The number of hydrogen-bond donors (Lipinski definition) is 4. The third-order valence-electron chi connectivity index (χ3n) is 7.14. The van der Waals surface area contributed by atoms with Crippen molar-refractivity contribution in [3.8, 4) is 5.75 Å². The number of nitrogens with one attached hydrogen (secondary N) is 1. The van der Waals surface area contributed by atoms with E-state index in [1.54, 1.807) is 36.5 Å². The van der Waals surface area contributed by atoms with E-state index >= 15 is 0 Å².